The molecule has 0 spiro atoms. The lowest BCUT2D eigenvalue weighted by Crippen LogP contribution is -2.15. The lowest BCUT2D eigenvalue weighted by molar-refractivity contribution is 0.101. The number of ether oxygens (including phenoxy) is 1. The minimum Gasteiger partial charge on any atom is -0.497 e. The first-order valence-electron chi connectivity index (χ1n) is 8.64. The van der Waals surface area contributed by atoms with Crippen LogP contribution in [0.3, 0.4) is 0 Å². The number of nitrogens with one attached hydrogen (secondary N) is 2. The van der Waals surface area contributed by atoms with Gasteiger partial charge in [0.2, 0.25) is 0 Å². The topological polar surface area (TPSA) is 93.2 Å². The molecule has 1 aromatic heterocycles. The first-order chi connectivity index (χ1) is 13.4. The summed E-state index contributed by atoms with van der Waals surface area (Å²) in [5.74, 6) is 1.24. The Labute approximate surface area is 162 Å². The number of rotatable bonds is 6. The zero-order valence-corrected chi connectivity index (χ0v) is 15.8. The third kappa shape index (κ3) is 4.70. The molecule has 0 unspecified atom stereocenters. The van der Waals surface area contributed by atoms with Crippen molar-refractivity contribution in [2.24, 2.45) is 0 Å². The number of carbonyl (C=O) groups is 2. The first kappa shape index (κ1) is 19.0. The second kappa shape index (κ2) is 8.30. The quantitative estimate of drug-likeness (QED) is 0.632. The lowest BCUT2D eigenvalue weighted by Gasteiger charge is -2.10. The standard InChI is InChI=1S/C21H20N4O3/c1-13(26)15-5-4-6-17(11-15)24-20-12-19(22-14(2)23-20)21(27)25-16-7-9-18(28-3)10-8-16/h4-12H,1-3H3,(H,25,27)(H,22,23,24). The molecule has 28 heavy (non-hydrogen) atoms. The number of nitrogens with zero attached hydrogens (tertiary/aromatic N) is 2. The summed E-state index contributed by atoms with van der Waals surface area (Å²) in [6.07, 6.45) is 0. The van der Waals surface area contributed by atoms with E-state index >= 15 is 0 Å². The fraction of sp³-hybridized carbons (Fsp3) is 0.143. The Hall–Kier alpha value is -3.74. The molecule has 1 heterocycles. The zero-order valence-electron chi connectivity index (χ0n) is 15.8. The highest BCUT2D eigenvalue weighted by molar-refractivity contribution is 6.03. The highest BCUT2D eigenvalue weighted by atomic mass is 16.5. The number of aromatic nitrogens is 2. The maximum absolute atomic E-state index is 12.6. The molecule has 0 bridgehead atoms. The number of anilines is 3. The molecule has 0 saturated heterocycles. The van der Waals surface area contributed by atoms with Gasteiger partial charge in [0.25, 0.3) is 5.91 Å². The minimum absolute atomic E-state index is 0.0259. The Balaban J connectivity index is 1.79. The molecule has 0 aliphatic carbocycles. The van der Waals surface area contributed by atoms with Crippen LogP contribution in [-0.4, -0.2) is 28.8 Å². The molecule has 0 atom stereocenters. The lowest BCUT2D eigenvalue weighted by atomic mass is 10.1. The summed E-state index contributed by atoms with van der Waals surface area (Å²) in [5.41, 5.74) is 2.15. The van der Waals surface area contributed by atoms with Crippen LogP contribution in [0.2, 0.25) is 0 Å². The van der Waals surface area contributed by atoms with Crippen molar-refractivity contribution in [1.82, 2.24) is 9.97 Å². The van der Waals surface area contributed by atoms with E-state index < -0.39 is 0 Å². The summed E-state index contributed by atoms with van der Waals surface area (Å²) in [5, 5.41) is 5.91. The number of hydrogen-bond acceptors (Lipinski definition) is 6. The van der Waals surface area contributed by atoms with Crippen molar-refractivity contribution in [3.63, 3.8) is 0 Å². The number of Topliss-reactive ketones (excluding diaryl/α,β-unsaturated/α-hetero) is 1. The van der Waals surface area contributed by atoms with Gasteiger partial charge in [0.15, 0.2) is 5.78 Å². The van der Waals surface area contributed by atoms with Crippen molar-refractivity contribution >= 4 is 28.9 Å². The van der Waals surface area contributed by atoms with E-state index in [0.717, 1.165) is 0 Å². The van der Waals surface area contributed by atoms with E-state index in [0.29, 0.717) is 34.3 Å². The molecular weight excluding hydrogens is 356 g/mol. The Kier molecular flexibility index (Phi) is 5.64. The van der Waals surface area contributed by atoms with Crippen molar-refractivity contribution in [3.05, 3.63) is 71.7 Å². The van der Waals surface area contributed by atoms with E-state index in [2.05, 4.69) is 20.6 Å². The third-order valence-electron chi connectivity index (χ3n) is 3.96. The van der Waals surface area contributed by atoms with Crippen molar-refractivity contribution < 1.29 is 14.3 Å². The van der Waals surface area contributed by atoms with Crippen molar-refractivity contribution in [1.29, 1.82) is 0 Å². The van der Waals surface area contributed by atoms with Crippen LogP contribution in [0.5, 0.6) is 5.75 Å². The van der Waals surface area contributed by atoms with Crippen LogP contribution in [0.25, 0.3) is 0 Å². The number of carbonyl (C=O) groups excluding carboxylic acids is 2. The summed E-state index contributed by atoms with van der Waals surface area (Å²) < 4.78 is 5.11. The molecule has 0 fully saturated rings. The van der Waals surface area contributed by atoms with Gasteiger partial charge in [0.1, 0.15) is 23.1 Å². The maximum Gasteiger partial charge on any atom is 0.274 e. The number of aryl methyl sites for hydroxylation is 1. The largest absolute Gasteiger partial charge is 0.497 e. The molecular formula is C21H20N4O3. The van der Waals surface area contributed by atoms with Crippen LogP contribution in [0.15, 0.2) is 54.6 Å². The number of hydrogen-bond donors (Lipinski definition) is 2. The van der Waals surface area contributed by atoms with E-state index in [1.54, 1.807) is 62.6 Å². The first-order valence-corrected chi connectivity index (χ1v) is 8.64. The molecule has 1 amide bonds. The second-order valence-corrected chi connectivity index (χ2v) is 6.13. The third-order valence-corrected chi connectivity index (χ3v) is 3.96. The fourth-order valence-corrected chi connectivity index (χ4v) is 2.58. The zero-order chi connectivity index (χ0) is 20.1. The molecule has 7 nitrogen and oxygen atoms in total. The molecule has 0 saturated carbocycles. The van der Waals surface area contributed by atoms with Crippen LogP contribution in [0, 0.1) is 6.92 Å². The fourth-order valence-electron chi connectivity index (χ4n) is 2.58. The van der Waals surface area contributed by atoms with Crippen LogP contribution in [0.1, 0.15) is 33.6 Å². The second-order valence-electron chi connectivity index (χ2n) is 6.13. The molecule has 142 valence electrons. The van der Waals surface area contributed by atoms with E-state index in [9.17, 15) is 9.59 Å². The Bertz CT molecular complexity index is 1020. The van der Waals surface area contributed by atoms with Gasteiger partial charge < -0.3 is 15.4 Å². The van der Waals surface area contributed by atoms with Gasteiger partial charge in [-0.05, 0) is 50.2 Å². The van der Waals surface area contributed by atoms with E-state index in [4.69, 9.17) is 4.74 Å². The van der Waals surface area contributed by atoms with Gasteiger partial charge in [-0.15, -0.1) is 0 Å². The summed E-state index contributed by atoms with van der Waals surface area (Å²) in [4.78, 5) is 32.6. The maximum atomic E-state index is 12.6. The molecule has 2 aromatic carbocycles. The van der Waals surface area contributed by atoms with Gasteiger partial charge >= 0.3 is 0 Å². The number of methoxy groups -OCH3 is 1. The van der Waals surface area contributed by atoms with Crippen LogP contribution in [-0.2, 0) is 0 Å². The van der Waals surface area contributed by atoms with Gasteiger partial charge in [-0.3, -0.25) is 9.59 Å². The Morgan fingerprint density at radius 3 is 2.39 bits per heavy atom. The average Bonchev–Trinajstić information content (AvgIpc) is 2.68. The Morgan fingerprint density at radius 1 is 0.964 bits per heavy atom. The van der Waals surface area contributed by atoms with Crippen LogP contribution in [0.4, 0.5) is 17.2 Å². The van der Waals surface area contributed by atoms with E-state index in [-0.39, 0.29) is 17.4 Å². The van der Waals surface area contributed by atoms with Crippen LogP contribution >= 0.6 is 0 Å². The summed E-state index contributed by atoms with van der Waals surface area (Å²) in [6.45, 7) is 3.22. The number of ketones is 1. The predicted octanol–water partition coefficient (Wildman–Crippen LogP) is 3.99. The predicted molar refractivity (Wildman–Crippen MR) is 107 cm³/mol. The van der Waals surface area contributed by atoms with Gasteiger partial charge in [0.05, 0.1) is 7.11 Å². The molecule has 3 rings (SSSR count). The minimum atomic E-state index is -0.351. The van der Waals surface area contributed by atoms with Crippen molar-refractivity contribution in [3.8, 4) is 5.75 Å². The molecule has 0 aliphatic rings. The Morgan fingerprint density at radius 2 is 1.71 bits per heavy atom. The number of benzene rings is 2. The summed E-state index contributed by atoms with van der Waals surface area (Å²) in [6, 6.07) is 15.7. The molecule has 7 heteroatoms. The van der Waals surface area contributed by atoms with Crippen molar-refractivity contribution in [2.45, 2.75) is 13.8 Å². The monoisotopic (exact) mass is 376 g/mol. The van der Waals surface area contributed by atoms with Crippen molar-refractivity contribution in [2.75, 3.05) is 17.7 Å². The summed E-state index contributed by atoms with van der Waals surface area (Å²) in [7, 11) is 1.58. The van der Waals surface area contributed by atoms with Gasteiger partial charge in [-0.25, -0.2) is 9.97 Å². The van der Waals surface area contributed by atoms with Gasteiger partial charge in [0, 0.05) is 23.0 Å². The molecule has 3 aromatic rings. The molecule has 0 radical (unpaired) electrons. The van der Waals surface area contributed by atoms with E-state index in [1.807, 2.05) is 6.07 Å². The molecule has 2 N–H and O–H groups in total. The van der Waals surface area contributed by atoms with Crippen LogP contribution < -0.4 is 15.4 Å². The van der Waals surface area contributed by atoms with Gasteiger partial charge in [-0.2, -0.15) is 0 Å². The average molecular weight is 376 g/mol. The highest BCUT2D eigenvalue weighted by Crippen LogP contribution is 2.19. The molecule has 0 aliphatic heterocycles. The number of amides is 1. The highest BCUT2D eigenvalue weighted by Gasteiger charge is 2.12. The smallest absolute Gasteiger partial charge is 0.274 e. The normalized spacial score (nSPS) is 10.2. The van der Waals surface area contributed by atoms with E-state index in [1.165, 1.54) is 6.92 Å². The summed E-state index contributed by atoms with van der Waals surface area (Å²) >= 11 is 0. The van der Waals surface area contributed by atoms with Gasteiger partial charge in [-0.1, -0.05) is 12.1 Å². The SMILES string of the molecule is COc1ccc(NC(=O)c2cc(Nc3cccc(C(C)=O)c3)nc(C)n2)cc1.